The lowest BCUT2D eigenvalue weighted by atomic mass is 10.0. The molecule has 1 atom stereocenters. The van der Waals surface area contributed by atoms with Gasteiger partial charge in [0.05, 0.1) is 37.3 Å². The van der Waals surface area contributed by atoms with Gasteiger partial charge in [-0.05, 0) is 43.2 Å². The smallest absolute Gasteiger partial charge is 0.418 e. The number of benzene rings is 2. The van der Waals surface area contributed by atoms with Crippen molar-refractivity contribution in [1.82, 2.24) is 9.78 Å². The molecule has 2 aromatic carbocycles. The minimum atomic E-state index is -4.72. The van der Waals surface area contributed by atoms with Crippen molar-refractivity contribution in [2.75, 3.05) is 50.7 Å². The van der Waals surface area contributed by atoms with E-state index >= 15 is 0 Å². The molecule has 5 rings (SSSR count). The lowest BCUT2D eigenvalue weighted by Crippen LogP contribution is -2.30. The van der Waals surface area contributed by atoms with Gasteiger partial charge in [0.25, 0.3) is 5.56 Å². The standard InChI is InChI=1S/C26H27F3N4O4/c1-31-8-7-20-23(15-10-18(36-2)13-19(11-15)37-3)30-33(25(35)24(20)31)22-12-16(32-9-6-17(34)14-32)4-5-21(22)26(27,28)29/h4-5,10-13,17,34H,6-9,14H2,1-3H3. The van der Waals surface area contributed by atoms with E-state index in [-0.39, 0.29) is 5.69 Å². The Hall–Kier alpha value is -3.73. The van der Waals surface area contributed by atoms with Crippen LogP contribution in [0.25, 0.3) is 16.9 Å². The third-order valence-electron chi connectivity index (χ3n) is 6.91. The zero-order valence-corrected chi connectivity index (χ0v) is 20.7. The summed E-state index contributed by atoms with van der Waals surface area (Å²) < 4.78 is 54.1. The Labute approximate surface area is 211 Å². The van der Waals surface area contributed by atoms with E-state index in [2.05, 4.69) is 5.10 Å². The fourth-order valence-electron chi connectivity index (χ4n) is 5.02. The second-order valence-electron chi connectivity index (χ2n) is 9.25. The third-order valence-corrected chi connectivity index (χ3v) is 6.91. The van der Waals surface area contributed by atoms with Crippen LogP contribution >= 0.6 is 0 Å². The molecule has 0 saturated carbocycles. The molecule has 0 amide bonds. The van der Waals surface area contributed by atoms with E-state index in [0.717, 1.165) is 10.7 Å². The number of fused-ring (bicyclic) bond motifs is 1. The molecule has 3 aromatic rings. The van der Waals surface area contributed by atoms with E-state index in [1.165, 1.54) is 26.4 Å². The average molecular weight is 517 g/mol. The first-order chi connectivity index (χ1) is 17.6. The maximum atomic E-state index is 14.2. The number of rotatable bonds is 5. The van der Waals surface area contributed by atoms with E-state index in [9.17, 15) is 23.1 Å². The first-order valence-electron chi connectivity index (χ1n) is 11.9. The number of aliphatic hydroxyl groups excluding tert-OH is 1. The first-order valence-corrected chi connectivity index (χ1v) is 11.9. The normalized spacial score (nSPS) is 17.3. The number of nitrogens with zero attached hydrogens (tertiary/aromatic N) is 4. The number of hydrogen-bond acceptors (Lipinski definition) is 7. The number of β-amino-alcohol motifs (C(OH)–C–C–N with tert-alkyl or cyclic N) is 1. The molecule has 8 nitrogen and oxygen atoms in total. The van der Waals surface area contributed by atoms with Gasteiger partial charge in [0.2, 0.25) is 0 Å². The van der Waals surface area contributed by atoms with E-state index in [4.69, 9.17) is 9.47 Å². The molecule has 0 spiro atoms. The number of aliphatic hydroxyl groups is 1. The average Bonchev–Trinajstić information content (AvgIpc) is 3.49. The number of halogens is 3. The monoisotopic (exact) mass is 516 g/mol. The Bertz CT molecular complexity index is 1380. The highest BCUT2D eigenvalue weighted by molar-refractivity contribution is 5.75. The minimum Gasteiger partial charge on any atom is -0.497 e. The fraction of sp³-hybridized carbons (Fsp3) is 0.385. The van der Waals surface area contributed by atoms with E-state index < -0.39 is 23.4 Å². The van der Waals surface area contributed by atoms with Gasteiger partial charge >= 0.3 is 6.18 Å². The van der Waals surface area contributed by atoms with Gasteiger partial charge in [-0.3, -0.25) is 4.79 Å². The Balaban J connectivity index is 1.78. The summed E-state index contributed by atoms with van der Waals surface area (Å²) in [5, 5.41) is 14.5. The van der Waals surface area contributed by atoms with Crippen LogP contribution < -0.4 is 24.8 Å². The van der Waals surface area contributed by atoms with Crippen LogP contribution in [-0.4, -0.2) is 61.9 Å². The summed E-state index contributed by atoms with van der Waals surface area (Å²) in [5.41, 5.74) is 0.420. The van der Waals surface area contributed by atoms with Gasteiger partial charge in [-0.2, -0.15) is 23.0 Å². The maximum Gasteiger partial charge on any atom is 0.418 e. The first kappa shape index (κ1) is 24.9. The molecule has 196 valence electrons. The Morgan fingerprint density at radius 2 is 1.76 bits per heavy atom. The highest BCUT2D eigenvalue weighted by Gasteiger charge is 2.37. The predicted molar refractivity (Wildman–Crippen MR) is 133 cm³/mol. The van der Waals surface area contributed by atoms with Crippen LogP contribution in [0.4, 0.5) is 24.5 Å². The highest BCUT2D eigenvalue weighted by atomic mass is 19.4. The molecule has 1 N–H and O–H groups in total. The SMILES string of the molecule is COc1cc(OC)cc(-c2nn(-c3cc(N4CCC(O)C4)ccc3C(F)(F)F)c(=O)c3c2CCN3C)c1. The molecule has 0 radical (unpaired) electrons. The van der Waals surface area contributed by atoms with Crippen LogP contribution in [0.2, 0.25) is 0 Å². The molecule has 0 aliphatic carbocycles. The highest BCUT2D eigenvalue weighted by Crippen LogP contribution is 2.39. The van der Waals surface area contributed by atoms with Crippen LogP contribution in [0.5, 0.6) is 11.5 Å². The number of likely N-dealkylation sites (N-methyl/N-ethyl adjacent to an activating group) is 1. The molecule has 1 aromatic heterocycles. The van der Waals surface area contributed by atoms with Crippen molar-refractivity contribution < 1.29 is 27.8 Å². The fourth-order valence-corrected chi connectivity index (χ4v) is 5.02. The van der Waals surface area contributed by atoms with Crippen molar-refractivity contribution in [3.63, 3.8) is 0 Å². The summed E-state index contributed by atoms with van der Waals surface area (Å²) in [6.45, 7) is 1.33. The number of ether oxygens (including phenoxy) is 2. The van der Waals surface area contributed by atoms with Crippen molar-refractivity contribution in [3.8, 4) is 28.4 Å². The second-order valence-corrected chi connectivity index (χ2v) is 9.25. The van der Waals surface area contributed by atoms with Gasteiger partial charge in [0.15, 0.2) is 0 Å². The summed E-state index contributed by atoms with van der Waals surface area (Å²) in [6, 6.07) is 8.77. The molecule has 3 heterocycles. The lowest BCUT2D eigenvalue weighted by molar-refractivity contribution is -0.137. The van der Waals surface area contributed by atoms with Crippen molar-refractivity contribution in [3.05, 3.63) is 57.9 Å². The summed E-state index contributed by atoms with van der Waals surface area (Å²) in [7, 11) is 4.74. The molecule has 1 unspecified atom stereocenters. The van der Waals surface area contributed by atoms with Crippen LogP contribution in [0.3, 0.4) is 0 Å². The van der Waals surface area contributed by atoms with Crippen molar-refractivity contribution in [2.24, 2.45) is 0 Å². The molecule has 0 bridgehead atoms. The molecule has 11 heteroatoms. The largest absolute Gasteiger partial charge is 0.497 e. The number of aromatic nitrogens is 2. The van der Waals surface area contributed by atoms with Gasteiger partial charge in [0.1, 0.15) is 17.2 Å². The van der Waals surface area contributed by atoms with Crippen molar-refractivity contribution >= 4 is 11.4 Å². The molecule has 2 aliphatic rings. The zero-order valence-electron chi connectivity index (χ0n) is 20.7. The minimum absolute atomic E-state index is 0.301. The summed E-state index contributed by atoms with van der Waals surface area (Å²) in [6.07, 6.45) is -4.25. The number of alkyl halides is 3. The van der Waals surface area contributed by atoms with E-state index in [0.29, 0.717) is 72.2 Å². The van der Waals surface area contributed by atoms with Crippen LogP contribution in [0.1, 0.15) is 17.5 Å². The molecule has 37 heavy (non-hydrogen) atoms. The Kier molecular flexibility index (Phi) is 6.26. The van der Waals surface area contributed by atoms with Crippen LogP contribution in [0.15, 0.2) is 41.2 Å². The van der Waals surface area contributed by atoms with Gasteiger partial charge in [-0.15, -0.1) is 0 Å². The zero-order chi connectivity index (χ0) is 26.5. The number of anilines is 2. The van der Waals surface area contributed by atoms with E-state index in [1.54, 1.807) is 35.0 Å². The van der Waals surface area contributed by atoms with Gasteiger partial charge in [-0.1, -0.05) is 0 Å². The second kappa shape index (κ2) is 9.29. The topological polar surface area (TPSA) is 80.1 Å². The molecule has 2 aliphatic heterocycles. The lowest BCUT2D eigenvalue weighted by Gasteiger charge is -2.22. The van der Waals surface area contributed by atoms with Crippen molar-refractivity contribution in [2.45, 2.75) is 25.1 Å². The molecule has 1 fully saturated rings. The van der Waals surface area contributed by atoms with Gasteiger partial charge in [-0.25, -0.2) is 0 Å². The van der Waals surface area contributed by atoms with E-state index in [1.807, 2.05) is 0 Å². The Morgan fingerprint density at radius 1 is 1.05 bits per heavy atom. The predicted octanol–water partition coefficient (Wildman–Crippen LogP) is 3.50. The van der Waals surface area contributed by atoms with Crippen LogP contribution in [-0.2, 0) is 12.6 Å². The third kappa shape index (κ3) is 4.48. The number of hydrogen-bond donors (Lipinski definition) is 1. The quantitative estimate of drug-likeness (QED) is 0.556. The summed E-state index contributed by atoms with van der Waals surface area (Å²) >= 11 is 0. The summed E-state index contributed by atoms with van der Waals surface area (Å²) in [5.74, 6) is 0.971. The van der Waals surface area contributed by atoms with Gasteiger partial charge < -0.3 is 24.4 Å². The maximum absolute atomic E-state index is 14.2. The molecular formula is C26H27F3N4O4. The molecule has 1 saturated heterocycles. The van der Waals surface area contributed by atoms with Gasteiger partial charge in [0, 0.05) is 49.6 Å². The summed E-state index contributed by atoms with van der Waals surface area (Å²) in [4.78, 5) is 17.2. The molecular weight excluding hydrogens is 489 g/mol. The van der Waals surface area contributed by atoms with Crippen molar-refractivity contribution in [1.29, 1.82) is 0 Å². The Morgan fingerprint density at radius 3 is 2.35 bits per heavy atom. The van der Waals surface area contributed by atoms with Crippen LogP contribution in [0, 0.1) is 0 Å². The number of methoxy groups -OCH3 is 2.